The number of aryl methyl sites for hydroxylation is 1. The van der Waals surface area contributed by atoms with Gasteiger partial charge in [-0.25, -0.2) is 0 Å². The van der Waals surface area contributed by atoms with Gasteiger partial charge in [0.05, 0.1) is 11.2 Å². The van der Waals surface area contributed by atoms with Gasteiger partial charge < -0.3 is 5.11 Å². The Balaban J connectivity index is 2.89. The predicted octanol–water partition coefficient (Wildman–Crippen LogP) is 1.04. The van der Waals surface area contributed by atoms with Crippen LogP contribution in [-0.4, -0.2) is 20.1 Å². The molecule has 2 rings (SSSR count). The Morgan fingerprint density at radius 1 is 1.33 bits per heavy atom. The topological polar surface area (TPSA) is 58.9 Å². The summed E-state index contributed by atoms with van der Waals surface area (Å²) in [7, 11) is 0. The van der Waals surface area contributed by atoms with Crippen LogP contribution in [0.15, 0.2) is 18.3 Å². The van der Waals surface area contributed by atoms with Crippen molar-refractivity contribution in [1.82, 2.24) is 15.0 Å². The number of hydrogen-bond acceptors (Lipinski definition) is 4. The monoisotopic (exact) mass is 161 g/mol. The summed E-state index contributed by atoms with van der Waals surface area (Å²) in [5, 5.41) is 9.06. The fourth-order valence-electron chi connectivity index (χ4n) is 1.10. The third-order valence-electron chi connectivity index (χ3n) is 1.62. The molecule has 60 valence electrons. The highest BCUT2D eigenvalue weighted by Crippen LogP contribution is 2.13. The zero-order valence-electron chi connectivity index (χ0n) is 6.52. The minimum absolute atomic E-state index is 0.201. The summed E-state index contributed by atoms with van der Waals surface area (Å²) in [6.07, 6.45) is 1.68. The van der Waals surface area contributed by atoms with Crippen LogP contribution in [0.3, 0.4) is 0 Å². The van der Waals surface area contributed by atoms with E-state index in [2.05, 4.69) is 15.0 Å². The Kier molecular flexibility index (Phi) is 1.40. The van der Waals surface area contributed by atoms with Crippen molar-refractivity contribution < 1.29 is 5.11 Å². The van der Waals surface area contributed by atoms with Crippen molar-refractivity contribution >= 4 is 11.0 Å². The molecule has 0 aliphatic rings. The van der Waals surface area contributed by atoms with Gasteiger partial charge in [-0.1, -0.05) is 0 Å². The first kappa shape index (κ1) is 6.97. The Labute approximate surface area is 68.9 Å². The number of hydrogen-bond donors (Lipinski definition) is 1. The zero-order valence-corrected chi connectivity index (χ0v) is 6.52. The average Bonchev–Trinajstić information content (AvgIpc) is 2.04. The van der Waals surface area contributed by atoms with Crippen LogP contribution in [0.2, 0.25) is 0 Å². The van der Waals surface area contributed by atoms with Crippen molar-refractivity contribution in [3.8, 4) is 6.01 Å². The first-order valence-corrected chi connectivity index (χ1v) is 3.56. The highest BCUT2D eigenvalue weighted by atomic mass is 16.3. The maximum absolute atomic E-state index is 9.06. The van der Waals surface area contributed by atoms with Gasteiger partial charge in [0.2, 0.25) is 0 Å². The molecular formula is C8H7N3O. The smallest absolute Gasteiger partial charge is 0.314 e. The molecule has 2 heterocycles. The van der Waals surface area contributed by atoms with E-state index in [0.717, 1.165) is 5.52 Å². The molecule has 0 radical (unpaired) electrons. The number of nitrogens with zero attached hydrogens (tertiary/aromatic N) is 3. The third-order valence-corrected chi connectivity index (χ3v) is 1.62. The lowest BCUT2D eigenvalue weighted by Gasteiger charge is -1.98. The van der Waals surface area contributed by atoms with Crippen molar-refractivity contribution in [3.05, 3.63) is 24.0 Å². The van der Waals surface area contributed by atoms with Crippen LogP contribution in [0.1, 0.15) is 5.69 Å². The average molecular weight is 161 g/mol. The van der Waals surface area contributed by atoms with Crippen molar-refractivity contribution in [2.45, 2.75) is 6.92 Å². The van der Waals surface area contributed by atoms with E-state index >= 15 is 0 Å². The van der Waals surface area contributed by atoms with E-state index < -0.39 is 0 Å². The van der Waals surface area contributed by atoms with Crippen LogP contribution in [0.5, 0.6) is 6.01 Å². The zero-order chi connectivity index (χ0) is 8.55. The van der Waals surface area contributed by atoms with E-state index in [-0.39, 0.29) is 6.01 Å². The van der Waals surface area contributed by atoms with Crippen LogP contribution >= 0.6 is 0 Å². The van der Waals surface area contributed by atoms with Crippen LogP contribution in [0.4, 0.5) is 0 Å². The second-order valence-electron chi connectivity index (χ2n) is 2.48. The van der Waals surface area contributed by atoms with E-state index in [1.54, 1.807) is 25.3 Å². The van der Waals surface area contributed by atoms with E-state index in [0.29, 0.717) is 11.2 Å². The van der Waals surface area contributed by atoms with Crippen LogP contribution in [0, 0.1) is 6.92 Å². The lowest BCUT2D eigenvalue weighted by atomic mass is 10.3. The van der Waals surface area contributed by atoms with E-state index in [1.165, 1.54) is 0 Å². The summed E-state index contributed by atoms with van der Waals surface area (Å²) in [5.41, 5.74) is 2.09. The van der Waals surface area contributed by atoms with Gasteiger partial charge in [-0.15, -0.1) is 0 Å². The molecule has 0 aliphatic heterocycles. The number of fused-ring (bicyclic) bond motifs is 1. The first-order valence-electron chi connectivity index (χ1n) is 3.56. The Morgan fingerprint density at radius 2 is 2.17 bits per heavy atom. The number of rotatable bonds is 0. The van der Waals surface area contributed by atoms with Gasteiger partial charge in [-0.2, -0.15) is 9.97 Å². The van der Waals surface area contributed by atoms with Gasteiger partial charge >= 0.3 is 6.01 Å². The fourth-order valence-corrected chi connectivity index (χ4v) is 1.10. The quantitative estimate of drug-likeness (QED) is 0.627. The SMILES string of the molecule is Cc1nc(O)nc2cccnc12. The Morgan fingerprint density at radius 3 is 3.00 bits per heavy atom. The Hall–Kier alpha value is -1.71. The second kappa shape index (κ2) is 2.41. The highest BCUT2D eigenvalue weighted by molar-refractivity contribution is 5.75. The molecule has 0 unspecified atom stereocenters. The summed E-state index contributed by atoms with van der Waals surface area (Å²) >= 11 is 0. The minimum Gasteiger partial charge on any atom is -0.479 e. The van der Waals surface area contributed by atoms with Crippen molar-refractivity contribution in [1.29, 1.82) is 0 Å². The molecule has 0 atom stereocenters. The van der Waals surface area contributed by atoms with E-state index in [4.69, 9.17) is 5.11 Å². The van der Waals surface area contributed by atoms with Gasteiger partial charge in [0.15, 0.2) is 0 Å². The molecule has 0 bridgehead atoms. The fraction of sp³-hybridized carbons (Fsp3) is 0.125. The molecule has 2 aromatic rings. The van der Waals surface area contributed by atoms with E-state index in [1.807, 2.05) is 0 Å². The molecule has 12 heavy (non-hydrogen) atoms. The predicted molar refractivity (Wildman–Crippen MR) is 43.7 cm³/mol. The molecule has 0 saturated heterocycles. The minimum atomic E-state index is -0.201. The molecule has 0 amide bonds. The van der Waals surface area contributed by atoms with Crippen LogP contribution in [-0.2, 0) is 0 Å². The molecule has 0 saturated carbocycles. The molecule has 4 heteroatoms. The lowest BCUT2D eigenvalue weighted by molar-refractivity contribution is 0.431. The number of aromatic hydroxyl groups is 1. The van der Waals surface area contributed by atoms with Crippen molar-refractivity contribution in [2.75, 3.05) is 0 Å². The summed E-state index contributed by atoms with van der Waals surface area (Å²) < 4.78 is 0. The summed E-state index contributed by atoms with van der Waals surface area (Å²) in [6.45, 7) is 1.79. The number of pyridine rings is 1. The largest absolute Gasteiger partial charge is 0.479 e. The maximum atomic E-state index is 9.06. The molecule has 2 aromatic heterocycles. The molecule has 0 spiro atoms. The summed E-state index contributed by atoms with van der Waals surface area (Å²) in [4.78, 5) is 11.7. The highest BCUT2D eigenvalue weighted by Gasteiger charge is 2.02. The van der Waals surface area contributed by atoms with Crippen LogP contribution < -0.4 is 0 Å². The first-order chi connectivity index (χ1) is 5.77. The van der Waals surface area contributed by atoms with Crippen molar-refractivity contribution in [2.24, 2.45) is 0 Å². The van der Waals surface area contributed by atoms with Gasteiger partial charge in [0, 0.05) is 6.20 Å². The Bertz CT molecular complexity index is 428. The molecule has 1 N–H and O–H groups in total. The van der Waals surface area contributed by atoms with Gasteiger partial charge in [0.1, 0.15) is 5.52 Å². The van der Waals surface area contributed by atoms with Crippen LogP contribution in [0.25, 0.3) is 11.0 Å². The number of aromatic nitrogens is 3. The molecular weight excluding hydrogens is 154 g/mol. The van der Waals surface area contributed by atoms with Gasteiger partial charge in [-0.3, -0.25) is 4.98 Å². The van der Waals surface area contributed by atoms with Gasteiger partial charge in [-0.05, 0) is 19.1 Å². The summed E-state index contributed by atoms with van der Waals surface area (Å²) in [5.74, 6) is 0. The normalized spacial score (nSPS) is 10.4. The second-order valence-corrected chi connectivity index (χ2v) is 2.48. The standard InChI is InChI=1S/C8H7N3O/c1-5-7-6(3-2-4-9-7)11-8(12)10-5/h2-4H,1H3,(H,10,11,12). The van der Waals surface area contributed by atoms with E-state index in [9.17, 15) is 0 Å². The maximum Gasteiger partial charge on any atom is 0.314 e. The molecule has 0 fully saturated rings. The molecule has 0 aromatic carbocycles. The lowest BCUT2D eigenvalue weighted by Crippen LogP contribution is -1.90. The molecule has 4 nitrogen and oxygen atoms in total. The summed E-state index contributed by atoms with van der Waals surface area (Å²) in [6, 6.07) is 3.36. The molecule has 0 aliphatic carbocycles. The van der Waals surface area contributed by atoms with Gasteiger partial charge in [0.25, 0.3) is 0 Å². The third kappa shape index (κ3) is 0.972. The van der Waals surface area contributed by atoms with Crippen molar-refractivity contribution in [3.63, 3.8) is 0 Å².